The normalized spacial score (nSPS) is 24.6. The van der Waals surface area contributed by atoms with Crippen LogP contribution in [0.5, 0.6) is 0 Å². The minimum Gasteiger partial charge on any atom is -0.352 e. The predicted octanol–water partition coefficient (Wildman–Crippen LogP) is 0.820. The van der Waals surface area contributed by atoms with Crippen LogP contribution in [-0.2, 0) is 21.5 Å². The van der Waals surface area contributed by atoms with Crippen LogP contribution < -0.4 is 10.6 Å². The maximum Gasteiger partial charge on any atom is 0.240 e. The molecule has 1 aromatic heterocycles. The van der Waals surface area contributed by atoms with Crippen LogP contribution in [0, 0.1) is 0 Å². The molecule has 0 bridgehead atoms. The van der Waals surface area contributed by atoms with Gasteiger partial charge in [-0.2, -0.15) is 0 Å². The van der Waals surface area contributed by atoms with Crippen molar-refractivity contribution >= 4 is 11.8 Å². The summed E-state index contributed by atoms with van der Waals surface area (Å²) in [6.45, 7) is 0.121. The summed E-state index contributed by atoms with van der Waals surface area (Å²) in [6, 6.07) is 0.0200. The van der Waals surface area contributed by atoms with Gasteiger partial charge in [-0.25, -0.2) is 4.98 Å². The highest BCUT2D eigenvalue weighted by atomic mass is 16.2. The maximum absolute atomic E-state index is 12.9. The van der Waals surface area contributed by atoms with Crippen molar-refractivity contribution < 1.29 is 9.59 Å². The SMILES string of the molecule is CN(CC(=O)NC1CC1)C(=O)C1Cc2[nH]cnc2C2(CCCCC2)N1. The van der Waals surface area contributed by atoms with Gasteiger partial charge in [0, 0.05) is 25.2 Å². The van der Waals surface area contributed by atoms with Crippen LogP contribution in [0.25, 0.3) is 0 Å². The molecule has 0 saturated heterocycles. The molecule has 25 heavy (non-hydrogen) atoms. The lowest BCUT2D eigenvalue weighted by Crippen LogP contribution is -2.59. The molecule has 2 fully saturated rings. The summed E-state index contributed by atoms with van der Waals surface area (Å²) in [6.07, 6.45) is 10.0. The van der Waals surface area contributed by atoms with Gasteiger partial charge in [0.2, 0.25) is 11.8 Å². The fraction of sp³-hybridized carbons (Fsp3) is 0.722. The van der Waals surface area contributed by atoms with Gasteiger partial charge in [-0.1, -0.05) is 19.3 Å². The molecule has 1 unspecified atom stereocenters. The number of nitrogens with zero attached hydrogens (tertiary/aromatic N) is 2. The van der Waals surface area contributed by atoms with Gasteiger partial charge >= 0.3 is 0 Å². The number of aromatic amines is 1. The topological polar surface area (TPSA) is 90.1 Å². The Bertz CT molecular complexity index is 660. The molecular formula is C18H27N5O2. The van der Waals surface area contributed by atoms with Crippen molar-refractivity contribution in [3.8, 4) is 0 Å². The number of imidazole rings is 1. The molecule has 7 nitrogen and oxygen atoms in total. The van der Waals surface area contributed by atoms with Gasteiger partial charge in [-0.05, 0) is 25.7 Å². The summed E-state index contributed by atoms with van der Waals surface area (Å²) in [5.74, 6) is -0.0834. The number of carbonyl (C=O) groups is 2. The van der Waals surface area contributed by atoms with Crippen LogP contribution >= 0.6 is 0 Å². The Hall–Kier alpha value is -1.89. The maximum atomic E-state index is 12.9. The summed E-state index contributed by atoms with van der Waals surface area (Å²) in [4.78, 5) is 34.3. The fourth-order valence-electron chi connectivity index (χ4n) is 4.29. The largest absolute Gasteiger partial charge is 0.352 e. The van der Waals surface area contributed by atoms with E-state index in [0.29, 0.717) is 12.5 Å². The Kier molecular flexibility index (Phi) is 4.27. The number of carbonyl (C=O) groups excluding carboxylic acids is 2. The summed E-state index contributed by atoms with van der Waals surface area (Å²) in [5.41, 5.74) is 1.96. The van der Waals surface area contributed by atoms with E-state index in [9.17, 15) is 9.59 Å². The van der Waals surface area contributed by atoms with Crippen molar-refractivity contribution in [3.05, 3.63) is 17.7 Å². The van der Waals surface area contributed by atoms with Crippen molar-refractivity contribution in [2.45, 2.75) is 69.0 Å². The fourth-order valence-corrected chi connectivity index (χ4v) is 4.29. The molecule has 1 aromatic rings. The molecule has 2 amide bonds. The number of amides is 2. The van der Waals surface area contributed by atoms with Crippen LogP contribution in [0.2, 0.25) is 0 Å². The Morgan fingerprint density at radius 2 is 2.08 bits per heavy atom. The first-order chi connectivity index (χ1) is 12.1. The van der Waals surface area contributed by atoms with Crippen molar-refractivity contribution in [2.24, 2.45) is 0 Å². The molecule has 2 aliphatic carbocycles. The van der Waals surface area contributed by atoms with E-state index in [4.69, 9.17) is 0 Å². The Morgan fingerprint density at radius 3 is 2.80 bits per heavy atom. The van der Waals surface area contributed by atoms with Crippen LogP contribution in [0.4, 0.5) is 0 Å². The standard InChI is InChI=1S/C18H27N5O2/c1-23(10-15(24)21-12-5-6-12)17(25)14-9-13-16(20-11-19-13)18(22-14)7-3-2-4-8-18/h11-12,14,22H,2-10H2,1H3,(H,19,20)(H,21,24). The van der Waals surface area contributed by atoms with E-state index in [1.165, 1.54) is 6.42 Å². The highest BCUT2D eigenvalue weighted by Crippen LogP contribution is 2.40. The number of likely N-dealkylation sites (N-methyl/N-ethyl adjacent to an activating group) is 1. The van der Waals surface area contributed by atoms with Gasteiger partial charge in [-0.15, -0.1) is 0 Å². The zero-order valence-corrected chi connectivity index (χ0v) is 14.8. The Morgan fingerprint density at radius 1 is 1.32 bits per heavy atom. The number of hydrogen-bond acceptors (Lipinski definition) is 4. The molecule has 7 heteroatoms. The first-order valence-corrected chi connectivity index (χ1v) is 9.42. The number of rotatable bonds is 4. The first-order valence-electron chi connectivity index (χ1n) is 9.42. The van der Waals surface area contributed by atoms with E-state index < -0.39 is 0 Å². The van der Waals surface area contributed by atoms with Gasteiger partial charge in [-0.3, -0.25) is 14.9 Å². The summed E-state index contributed by atoms with van der Waals surface area (Å²) < 4.78 is 0. The average Bonchev–Trinajstić information content (AvgIpc) is 3.27. The lowest BCUT2D eigenvalue weighted by Gasteiger charge is -2.44. The molecule has 3 aliphatic rings. The molecule has 1 aliphatic heterocycles. The van der Waals surface area contributed by atoms with Gasteiger partial charge in [0.25, 0.3) is 0 Å². The van der Waals surface area contributed by atoms with Crippen LogP contribution in [-0.4, -0.2) is 52.4 Å². The zero-order valence-electron chi connectivity index (χ0n) is 14.8. The molecule has 2 heterocycles. The molecule has 136 valence electrons. The molecule has 0 radical (unpaired) electrons. The minimum atomic E-state index is -0.301. The molecule has 1 spiro atoms. The van der Waals surface area contributed by atoms with Crippen molar-refractivity contribution in [1.29, 1.82) is 0 Å². The third kappa shape index (κ3) is 3.29. The Balaban J connectivity index is 1.46. The van der Waals surface area contributed by atoms with E-state index in [1.54, 1.807) is 18.3 Å². The third-order valence-corrected chi connectivity index (χ3v) is 5.74. The second kappa shape index (κ2) is 6.44. The Labute approximate surface area is 147 Å². The summed E-state index contributed by atoms with van der Waals surface area (Å²) in [7, 11) is 1.71. The van der Waals surface area contributed by atoms with Crippen LogP contribution in [0.15, 0.2) is 6.33 Å². The molecule has 1 atom stereocenters. The van der Waals surface area contributed by atoms with E-state index >= 15 is 0 Å². The van der Waals surface area contributed by atoms with Crippen LogP contribution in [0.3, 0.4) is 0 Å². The quantitative estimate of drug-likeness (QED) is 0.754. The summed E-state index contributed by atoms with van der Waals surface area (Å²) >= 11 is 0. The van der Waals surface area contributed by atoms with E-state index in [0.717, 1.165) is 49.9 Å². The zero-order chi connectivity index (χ0) is 17.4. The highest BCUT2D eigenvalue weighted by molar-refractivity contribution is 5.88. The number of aromatic nitrogens is 2. The molecule has 3 N–H and O–H groups in total. The van der Waals surface area contributed by atoms with E-state index in [2.05, 4.69) is 20.6 Å². The first kappa shape index (κ1) is 16.6. The van der Waals surface area contributed by atoms with Gasteiger partial charge in [0.15, 0.2) is 0 Å². The summed E-state index contributed by atoms with van der Waals surface area (Å²) in [5, 5.41) is 6.55. The smallest absolute Gasteiger partial charge is 0.240 e. The highest BCUT2D eigenvalue weighted by Gasteiger charge is 2.45. The average molecular weight is 345 g/mol. The monoisotopic (exact) mass is 345 g/mol. The second-order valence-electron chi connectivity index (χ2n) is 7.81. The number of H-pyrrole nitrogens is 1. The van der Waals surface area contributed by atoms with Gasteiger partial charge in [0.05, 0.1) is 30.1 Å². The molecular weight excluding hydrogens is 318 g/mol. The number of nitrogens with one attached hydrogen (secondary N) is 3. The van der Waals surface area contributed by atoms with E-state index in [-0.39, 0.29) is 29.9 Å². The van der Waals surface area contributed by atoms with Crippen molar-refractivity contribution in [3.63, 3.8) is 0 Å². The van der Waals surface area contributed by atoms with Crippen molar-refractivity contribution in [1.82, 2.24) is 25.5 Å². The lowest BCUT2D eigenvalue weighted by molar-refractivity contribution is -0.137. The van der Waals surface area contributed by atoms with Crippen LogP contribution in [0.1, 0.15) is 56.3 Å². The minimum absolute atomic E-state index is 0.0175. The molecule has 0 aromatic carbocycles. The molecule has 4 rings (SSSR count). The number of hydrogen-bond donors (Lipinski definition) is 3. The molecule has 2 saturated carbocycles. The predicted molar refractivity (Wildman–Crippen MR) is 92.8 cm³/mol. The second-order valence-corrected chi connectivity index (χ2v) is 7.81. The van der Waals surface area contributed by atoms with Gasteiger partial charge < -0.3 is 15.2 Å². The third-order valence-electron chi connectivity index (χ3n) is 5.74. The lowest BCUT2D eigenvalue weighted by atomic mass is 9.75. The van der Waals surface area contributed by atoms with Crippen molar-refractivity contribution in [2.75, 3.05) is 13.6 Å². The van der Waals surface area contributed by atoms with Gasteiger partial charge in [0.1, 0.15) is 0 Å². The number of fused-ring (bicyclic) bond motifs is 2. The van der Waals surface area contributed by atoms with E-state index in [1.807, 2.05) is 0 Å².